The van der Waals surface area contributed by atoms with Gasteiger partial charge in [0, 0.05) is 16.6 Å². The Morgan fingerprint density at radius 1 is 1.00 bits per heavy atom. The number of aryl methyl sites for hydroxylation is 1. The zero-order valence-corrected chi connectivity index (χ0v) is 18.9. The number of carbonyl (C=O) groups is 1. The van der Waals surface area contributed by atoms with Gasteiger partial charge >= 0.3 is 0 Å². The molecule has 0 aliphatic carbocycles. The molecule has 0 spiro atoms. The number of benzene rings is 3. The third-order valence-electron chi connectivity index (χ3n) is 5.96. The number of nitrogens with one attached hydrogen (secondary N) is 1. The maximum atomic E-state index is 13.4. The molecule has 0 aliphatic heterocycles. The van der Waals surface area contributed by atoms with Crippen molar-refractivity contribution in [1.29, 1.82) is 0 Å². The fourth-order valence-corrected chi connectivity index (χ4v) is 4.15. The standard InChI is InChI=1S/C28H23FN4O/c1-3-19-8-4-6-10-25(19)32-28(34)23-16-27(31-26-11-7-5-9-22(23)26)24-17-30-33(18(24)2)21-14-12-20(29)13-15-21/h4-17H,3H2,1-2H3,(H,32,34). The highest BCUT2D eigenvalue weighted by atomic mass is 19.1. The summed E-state index contributed by atoms with van der Waals surface area (Å²) in [6.07, 6.45) is 2.55. The van der Waals surface area contributed by atoms with Crippen molar-refractivity contribution >= 4 is 22.5 Å². The van der Waals surface area contributed by atoms with E-state index < -0.39 is 0 Å². The van der Waals surface area contributed by atoms with Gasteiger partial charge in [-0.1, -0.05) is 43.3 Å². The van der Waals surface area contributed by atoms with E-state index in [1.165, 1.54) is 12.1 Å². The fraction of sp³-hybridized carbons (Fsp3) is 0.107. The average Bonchev–Trinajstić information content (AvgIpc) is 3.25. The van der Waals surface area contributed by atoms with Crippen LogP contribution in [0.3, 0.4) is 0 Å². The van der Waals surface area contributed by atoms with Gasteiger partial charge in [-0.05, 0) is 61.4 Å². The van der Waals surface area contributed by atoms with Gasteiger partial charge in [-0.25, -0.2) is 14.1 Å². The largest absolute Gasteiger partial charge is 0.322 e. The third kappa shape index (κ3) is 3.94. The van der Waals surface area contributed by atoms with Crippen LogP contribution >= 0.6 is 0 Å². The number of nitrogens with zero attached hydrogens (tertiary/aromatic N) is 3. The smallest absolute Gasteiger partial charge is 0.256 e. The van der Waals surface area contributed by atoms with E-state index in [2.05, 4.69) is 17.3 Å². The normalized spacial score (nSPS) is 11.0. The second-order valence-corrected chi connectivity index (χ2v) is 8.07. The molecule has 0 saturated carbocycles. The van der Waals surface area contributed by atoms with E-state index in [4.69, 9.17) is 4.98 Å². The number of carbonyl (C=O) groups excluding carboxylic acids is 1. The molecule has 0 atom stereocenters. The lowest BCUT2D eigenvalue weighted by Gasteiger charge is -2.13. The zero-order valence-electron chi connectivity index (χ0n) is 18.9. The Bertz CT molecular complexity index is 1510. The van der Waals surface area contributed by atoms with Crippen LogP contribution in [0.25, 0.3) is 27.8 Å². The Morgan fingerprint density at radius 3 is 2.53 bits per heavy atom. The molecule has 5 rings (SSSR count). The molecule has 1 N–H and O–H groups in total. The Labute approximate surface area is 196 Å². The molecule has 0 bridgehead atoms. The highest BCUT2D eigenvalue weighted by molar-refractivity contribution is 6.13. The van der Waals surface area contributed by atoms with Crippen LogP contribution in [0.4, 0.5) is 10.1 Å². The Hall–Kier alpha value is -4.32. The SMILES string of the molecule is CCc1ccccc1NC(=O)c1cc(-c2cnn(-c3ccc(F)cc3)c2C)nc2ccccc12. The van der Waals surface area contributed by atoms with Crippen molar-refractivity contribution in [2.24, 2.45) is 0 Å². The number of pyridine rings is 1. The topological polar surface area (TPSA) is 59.8 Å². The van der Waals surface area contributed by atoms with Gasteiger partial charge in [0.2, 0.25) is 0 Å². The number of rotatable bonds is 5. The molecule has 1 amide bonds. The van der Waals surface area contributed by atoms with Gasteiger partial charge in [-0.2, -0.15) is 5.10 Å². The summed E-state index contributed by atoms with van der Waals surface area (Å²) in [5.41, 5.74) is 6.20. The van der Waals surface area contributed by atoms with Crippen molar-refractivity contribution in [1.82, 2.24) is 14.8 Å². The van der Waals surface area contributed by atoms with Crippen LogP contribution in [-0.2, 0) is 6.42 Å². The molecule has 0 radical (unpaired) electrons. The quantitative estimate of drug-likeness (QED) is 0.339. The summed E-state index contributed by atoms with van der Waals surface area (Å²) < 4.78 is 15.1. The summed E-state index contributed by atoms with van der Waals surface area (Å²) >= 11 is 0. The van der Waals surface area contributed by atoms with Crippen molar-refractivity contribution < 1.29 is 9.18 Å². The van der Waals surface area contributed by atoms with Crippen LogP contribution in [0.2, 0.25) is 0 Å². The molecular weight excluding hydrogens is 427 g/mol. The Morgan fingerprint density at radius 2 is 1.74 bits per heavy atom. The van der Waals surface area contributed by atoms with Gasteiger partial charge in [-0.3, -0.25) is 4.79 Å². The molecule has 0 saturated heterocycles. The van der Waals surface area contributed by atoms with Gasteiger partial charge in [0.05, 0.1) is 34.4 Å². The number of halogens is 1. The summed E-state index contributed by atoms with van der Waals surface area (Å²) in [4.78, 5) is 18.2. The van der Waals surface area contributed by atoms with Gasteiger partial charge < -0.3 is 5.32 Å². The summed E-state index contributed by atoms with van der Waals surface area (Å²) in [5.74, 6) is -0.491. The van der Waals surface area contributed by atoms with Crippen molar-refractivity contribution in [3.8, 4) is 16.9 Å². The molecule has 168 valence electrons. The van der Waals surface area contributed by atoms with Gasteiger partial charge in [0.1, 0.15) is 5.82 Å². The lowest BCUT2D eigenvalue weighted by Crippen LogP contribution is -2.14. The highest BCUT2D eigenvalue weighted by Gasteiger charge is 2.18. The van der Waals surface area contributed by atoms with E-state index in [0.29, 0.717) is 11.3 Å². The lowest BCUT2D eigenvalue weighted by atomic mass is 10.0. The van der Waals surface area contributed by atoms with Gasteiger partial charge in [0.25, 0.3) is 5.91 Å². The zero-order chi connectivity index (χ0) is 23.7. The predicted octanol–water partition coefficient (Wildman–Crippen LogP) is 6.35. The first kappa shape index (κ1) is 21.5. The second-order valence-electron chi connectivity index (χ2n) is 8.07. The van der Waals surface area contributed by atoms with Crippen LogP contribution in [-0.4, -0.2) is 20.7 Å². The predicted molar refractivity (Wildman–Crippen MR) is 133 cm³/mol. The first-order chi connectivity index (χ1) is 16.5. The molecule has 3 aromatic carbocycles. The lowest BCUT2D eigenvalue weighted by molar-refractivity contribution is 0.102. The molecule has 0 fully saturated rings. The minimum absolute atomic E-state index is 0.190. The molecular formula is C28H23FN4O. The van der Waals surface area contributed by atoms with Gasteiger partial charge in [-0.15, -0.1) is 0 Å². The molecule has 5 aromatic rings. The fourth-order valence-electron chi connectivity index (χ4n) is 4.15. The third-order valence-corrected chi connectivity index (χ3v) is 5.96. The highest BCUT2D eigenvalue weighted by Crippen LogP contribution is 2.29. The monoisotopic (exact) mass is 450 g/mol. The number of fused-ring (bicyclic) bond motifs is 1. The van der Waals surface area contributed by atoms with Crippen LogP contribution < -0.4 is 5.32 Å². The van der Waals surface area contributed by atoms with Crippen LogP contribution in [0.1, 0.15) is 28.5 Å². The molecule has 0 unspecified atom stereocenters. The molecule has 2 heterocycles. The number of amides is 1. The number of hydrogen-bond acceptors (Lipinski definition) is 3. The summed E-state index contributed by atoms with van der Waals surface area (Å²) in [6, 6.07) is 23.4. The van der Waals surface area contributed by atoms with E-state index >= 15 is 0 Å². The van der Waals surface area contributed by atoms with Crippen molar-refractivity contribution in [2.45, 2.75) is 20.3 Å². The maximum absolute atomic E-state index is 13.4. The number of anilines is 1. The summed E-state index contributed by atoms with van der Waals surface area (Å²) in [7, 11) is 0. The minimum Gasteiger partial charge on any atom is -0.322 e. The molecule has 2 aromatic heterocycles. The Balaban J connectivity index is 1.59. The summed E-state index contributed by atoms with van der Waals surface area (Å²) in [5, 5.41) is 8.35. The van der Waals surface area contributed by atoms with Gasteiger partial charge in [0.15, 0.2) is 0 Å². The first-order valence-corrected chi connectivity index (χ1v) is 11.1. The molecule has 5 nitrogen and oxygen atoms in total. The first-order valence-electron chi connectivity index (χ1n) is 11.1. The number of hydrogen-bond donors (Lipinski definition) is 1. The van der Waals surface area contributed by atoms with Crippen molar-refractivity contribution in [2.75, 3.05) is 5.32 Å². The summed E-state index contributed by atoms with van der Waals surface area (Å²) in [6.45, 7) is 3.99. The van der Waals surface area contributed by atoms with E-state index in [9.17, 15) is 9.18 Å². The number of aromatic nitrogens is 3. The maximum Gasteiger partial charge on any atom is 0.256 e. The molecule has 0 aliphatic rings. The Kier molecular flexibility index (Phi) is 5.64. The second kappa shape index (κ2) is 8.90. The molecule has 6 heteroatoms. The minimum atomic E-state index is -0.301. The van der Waals surface area contributed by atoms with Crippen LogP contribution in [0, 0.1) is 12.7 Å². The van der Waals surface area contributed by atoms with E-state index in [1.54, 1.807) is 23.0 Å². The van der Waals surface area contributed by atoms with Crippen molar-refractivity contribution in [3.05, 3.63) is 108 Å². The number of para-hydroxylation sites is 2. The van der Waals surface area contributed by atoms with Crippen LogP contribution in [0.15, 0.2) is 85.1 Å². The van der Waals surface area contributed by atoms with E-state index in [1.807, 2.05) is 61.5 Å². The molecule has 34 heavy (non-hydrogen) atoms. The van der Waals surface area contributed by atoms with Crippen LogP contribution in [0.5, 0.6) is 0 Å². The van der Waals surface area contributed by atoms with E-state index in [-0.39, 0.29) is 11.7 Å². The van der Waals surface area contributed by atoms with E-state index in [0.717, 1.165) is 45.5 Å². The van der Waals surface area contributed by atoms with Crippen molar-refractivity contribution in [3.63, 3.8) is 0 Å². The average molecular weight is 451 g/mol.